The van der Waals surface area contributed by atoms with Gasteiger partial charge in [0, 0.05) is 13.1 Å². The fourth-order valence-corrected chi connectivity index (χ4v) is 2.69. The van der Waals surface area contributed by atoms with E-state index in [4.69, 9.17) is 0 Å². The van der Waals surface area contributed by atoms with Crippen LogP contribution in [0.1, 0.15) is 53.4 Å². The van der Waals surface area contributed by atoms with E-state index >= 15 is 0 Å². The first kappa shape index (κ1) is 12.3. The Labute approximate surface area is 99.3 Å². The van der Waals surface area contributed by atoms with Gasteiger partial charge >= 0.3 is 0 Å². The molecule has 2 fully saturated rings. The number of rotatable bonds is 7. The summed E-state index contributed by atoms with van der Waals surface area (Å²) in [5.74, 6) is 0. The Balaban J connectivity index is 1.64. The van der Waals surface area contributed by atoms with E-state index < -0.39 is 0 Å². The van der Waals surface area contributed by atoms with Crippen LogP contribution in [-0.2, 0) is 0 Å². The summed E-state index contributed by atoms with van der Waals surface area (Å²) in [7, 11) is 0. The van der Waals surface area contributed by atoms with Crippen molar-refractivity contribution in [2.24, 2.45) is 0 Å². The summed E-state index contributed by atoms with van der Waals surface area (Å²) < 4.78 is 0. The molecule has 0 amide bonds. The highest BCUT2D eigenvalue weighted by atomic mass is 15.8. The molecule has 2 aliphatic heterocycles. The molecule has 94 valence electrons. The average Bonchev–Trinajstić information content (AvgIpc) is 3.03. The Bertz CT molecular complexity index is 231. The molecule has 0 aromatic carbocycles. The highest BCUT2D eigenvalue weighted by molar-refractivity contribution is 4.97. The third-order valence-corrected chi connectivity index (χ3v) is 3.86. The van der Waals surface area contributed by atoms with Crippen LogP contribution in [0.15, 0.2) is 0 Å². The molecule has 2 heterocycles. The fourth-order valence-electron chi connectivity index (χ4n) is 2.69. The minimum absolute atomic E-state index is 0.284. The van der Waals surface area contributed by atoms with Crippen LogP contribution >= 0.6 is 0 Å². The largest absolute Gasteiger partial charge is 0.232 e. The molecule has 0 radical (unpaired) electrons. The molecule has 2 rings (SSSR count). The van der Waals surface area contributed by atoms with Crippen molar-refractivity contribution in [2.45, 2.75) is 64.7 Å². The van der Waals surface area contributed by atoms with Gasteiger partial charge in [0.1, 0.15) is 0 Å². The van der Waals surface area contributed by atoms with Gasteiger partial charge in [-0.2, -0.15) is 0 Å². The van der Waals surface area contributed by atoms with Crippen LogP contribution in [-0.4, -0.2) is 34.4 Å². The van der Waals surface area contributed by atoms with E-state index in [1.165, 1.54) is 25.7 Å². The van der Waals surface area contributed by atoms with Gasteiger partial charge in [-0.15, -0.1) is 0 Å². The minimum atomic E-state index is 0.284. The standard InChI is InChI=1S/C12H26N4/c1-5-7-11(3)13-15(11)9-10-16-12(4,14-16)8-6-2/h13-14H,5-10H2,1-4H3/t11-,12+,15?,16?. The van der Waals surface area contributed by atoms with Gasteiger partial charge in [0.05, 0.1) is 11.3 Å². The molecular formula is C12H26N4. The molecule has 2 aliphatic rings. The first-order valence-corrected chi connectivity index (χ1v) is 6.65. The molecule has 2 saturated heterocycles. The fraction of sp³-hybridized carbons (Fsp3) is 1.00. The third-order valence-electron chi connectivity index (χ3n) is 3.86. The van der Waals surface area contributed by atoms with Crippen molar-refractivity contribution in [2.75, 3.05) is 13.1 Å². The zero-order chi connectivity index (χ0) is 11.8. The molecule has 0 aromatic rings. The second-order valence-corrected chi connectivity index (χ2v) is 5.57. The minimum Gasteiger partial charge on any atom is -0.232 e. The molecule has 0 spiro atoms. The maximum Gasteiger partial charge on any atom is 0.0946 e. The van der Waals surface area contributed by atoms with E-state index in [1.807, 2.05) is 0 Å². The summed E-state index contributed by atoms with van der Waals surface area (Å²) in [6.07, 6.45) is 4.98. The van der Waals surface area contributed by atoms with Crippen molar-refractivity contribution in [1.29, 1.82) is 0 Å². The lowest BCUT2D eigenvalue weighted by Gasteiger charge is -2.10. The highest BCUT2D eigenvalue weighted by Gasteiger charge is 2.49. The highest BCUT2D eigenvalue weighted by Crippen LogP contribution is 2.32. The summed E-state index contributed by atoms with van der Waals surface area (Å²) in [5.41, 5.74) is 7.50. The summed E-state index contributed by atoms with van der Waals surface area (Å²) in [6, 6.07) is 0. The van der Waals surface area contributed by atoms with Crippen molar-refractivity contribution < 1.29 is 0 Å². The van der Waals surface area contributed by atoms with Crippen molar-refractivity contribution in [3.05, 3.63) is 0 Å². The van der Waals surface area contributed by atoms with Crippen LogP contribution in [0.4, 0.5) is 0 Å². The predicted octanol–water partition coefficient (Wildman–Crippen LogP) is 1.66. The van der Waals surface area contributed by atoms with Crippen LogP contribution < -0.4 is 10.9 Å². The van der Waals surface area contributed by atoms with Gasteiger partial charge in [0.2, 0.25) is 0 Å². The van der Waals surface area contributed by atoms with Crippen LogP contribution in [0.25, 0.3) is 0 Å². The quantitative estimate of drug-likeness (QED) is 0.648. The van der Waals surface area contributed by atoms with Crippen molar-refractivity contribution >= 4 is 0 Å². The summed E-state index contributed by atoms with van der Waals surface area (Å²) >= 11 is 0. The molecule has 4 heteroatoms. The van der Waals surface area contributed by atoms with Gasteiger partial charge in [-0.25, -0.2) is 20.9 Å². The van der Waals surface area contributed by atoms with Crippen molar-refractivity contribution in [3.63, 3.8) is 0 Å². The first-order chi connectivity index (χ1) is 7.54. The lowest BCUT2D eigenvalue weighted by atomic mass is 10.1. The van der Waals surface area contributed by atoms with E-state index in [-0.39, 0.29) is 11.3 Å². The summed E-state index contributed by atoms with van der Waals surface area (Å²) in [4.78, 5) is 0. The van der Waals surface area contributed by atoms with Gasteiger partial charge in [-0.3, -0.25) is 0 Å². The molecule has 0 saturated carbocycles. The first-order valence-electron chi connectivity index (χ1n) is 6.65. The number of hydrazine groups is 2. The second kappa shape index (κ2) is 4.26. The maximum atomic E-state index is 3.47. The predicted molar refractivity (Wildman–Crippen MR) is 66.3 cm³/mol. The van der Waals surface area contributed by atoms with E-state index in [1.54, 1.807) is 0 Å². The lowest BCUT2D eigenvalue weighted by molar-refractivity contribution is 0.327. The van der Waals surface area contributed by atoms with Gasteiger partial charge in [0.15, 0.2) is 0 Å². The van der Waals surface area contributed by atoms with Crippen molar-refractivity contribution in [1.82, 2.24) is 20.9 Å². The lowest BCUT2D eigenvalue weighted by Crippen LogP contribution is -2.23. The van der Waals surface area contributed by atoms with Crippen LogP contribution in [0.3, 0.4) is 0 Å². The number of nitrogens with one attached hydrogen (secondary N) is 2. The molecule has 4 nitrogen and oxygen atoms in total. The molecule has 16 heavy (non-hydrogen) atoms. The Morgan fingerprint density at radius 2 is 1.19 bits per heavy atom. The third kappa shape index (κ3) is 2.40. The SMILES string of the molecule is CCC[C@@]1(C)NN1CCN1N[C@@]1(C)CCC. The topological polar surface area (TPSA) is 49.9 Å². The average molecular weight is 226 g/mol. The Kier molecular flexibility index (Phi) is 3.27. The maximum absolute atomic E-state index is 3.47. The Hall–Kier alpha value is -0.160. The van der Waals surface area contributed by atoms with Gasteiger partial charge in [0.25, 0.3) is 0 Å². The number of hydrogen-bond donors (Lipinski definition) is 2. The Morgan fingerprint density at radius 1 is 0.812 bits per heavy atom. The Morgan fingerprint density at radius 3 is 1.50 bits per heavy atom. The van der Waals surface area contributed by atoms with E-state index in [9.17, 15) is 0 Å². The van der Waals surface area contributed by atoms with Crippen LogP contribution in [0, 0.1) is 0 Å². The number of nitrogens with zero attached hydrogens (tertiary/aromatic N) is 2. The van der Waals surface area contributed by atoms with Crippen molar-refractivity contribution in [3.8, 4) is 0 Å². The summed E-state index contributed by atoms with van der Waals surface area (Å²) in [6.45, 7) is 11.3. The molecule has 4 atom stereocenters. The van der Waals surface area contributed by atoms with Gasteiger partial charge in [-0.05, 0) is 26.7 Å². The van der Waals surface area contributed by atoms with Crippen LogP contribution in [0.2, 0.25) is 0 Å². The van der Waals surface area contributed by atoms with E-state index in [2.05, 4.69) is 48.6 Å². The monoisotopic (exact) mass is 226 g/mol. The normalized spacial score (nSPS) is 45.8. The zero-order valence-corrected chi connectivity index (χ0v) is 11.1. The molecule has 2 N–H and O–H groups in total. The molecule has 0 bridgehead atoms. The zero-order valence-electron chi connectivity index (χ0n) is 11.1. The van der Waals surface area contributed by atoms with E-state index in [0.717, 1.165) is 13.1 Å². The van der Waals surface area contributed by atoms with E-state index in [0.29, 0.717) is 0 Å². The molecular weight excluding hydrogens is 200 g/mol. The smallest absolute Gasteiger partial charge is 0.0946 e. The molecule has 0 aromatic heterocycles. The summed E-state index contributed by atoms with van der Waals surface area (Å²) in [5, 5.41) is 4.73. The van der Waals surface area contributed by atoms with Crippen LogP contribution in [0.5, 0.6) is 0 Å². The van der Waals surface area contributed by atoms with Gasteiger partial charge in [-0.1, -0.05) is 26.7 Å². The van der Waals surface area contributed by atoms with Gasteiger partial charge < -0.3 is 0 Å². The number of hydrogen-bond acceptors (Lipinski definition) is 4. The second-order valence-electron chi connectivity index (χ2n) is 5.57. The molecule has 0 aliphatic carbocycles. The molecule has 2 unspecified atom stereocenters.